The van der Waals surface area contributed by atoms with Gasteiger partial charge in [0.2, 0.25) is 0 Å². The third-order valence-corrected chi connectivity index (χ3v) is 3.29. The Labute approximate surface area is 146 Å². The predicted molar refractivity (Wildman–Crippen MR) is 94.8 cm³/mol. The molecule has 0 aliphatic rings. The number of likely N-dealkylation sites (N-methyl/N-ethyl adjacent to an activating group) is 1. The van der Waals surface area contributed by atoms with Crippen molar-refractivity contribution in [1.29, 1.82) is 0 Å². The number of rotatable bonds is 7. The number of hydrogen-bond donors (Lipinski definition) is 2. The van der Waals surface area contributed by atoms with Crippen LogP contribution in [0.2, 0.25) is 0 Å². The van der Waals surface area contributed by atoms with Gasteiger partial charge in [-0.15, -0.1) is 0 Å². The number of methoxy groups -OCH3 is 1. The Morgan fingerprint density at radius 2 is 2.00 bits per heavy atom. The van der Waals surface area contributed by atoms with Crippen LogP contribution in [0.25, 0.3) is 0 Å². The molecule has 0 saturated heterocycles. The van der Waals surface area contributed by atoms with Gasteiger partial charge in [-0.3, -0.25) is 4.79 Å². The van der Waals surface area contributed by atoms with Gasteiger partial charge in [0.05, 0.1) is 25.1 Å². The lowest BCUT2D eigenvalue weighted by Gasteiger charge is -2.10. The monoisotopic (exact) mass is 343 g/mol. The smallest absolute Gasteiger partial charge is 0.337 e. The summed E-state index contributed by atoms with van der Waals surface area (Å²) in [5, 5.41) is 5.80. The quantitative estimate of drug-likeness (QED) is 0.735. The summed E-state index contributed by atoms with van der Waals surface area (Å²) in [5.41, 5.74) is 1.01. The number of esters is 1. The van der Waals surface area contributed by atoms with Gasteiger partial charge in [-0.25, -0.2) is 14.8 Å². The summed E-state index contributed by atoms with van der Waals surface area (Å²) < 4.78 is 4.66. The van der Waals surface area contributed by atoms with Gasteiger partial charge in [-0.1, -0.05) is 6.07 Å². The maximum absolute atomic E-state index is 12.2. The molecule has 0 unspecified atom stereocenters. The van der Waals surface area contributed by atoms with Gasteiger partial charge in [0.25, 0.3) is 5.91 Å². The second-order valence-electron chi connectivity index (χ2n) is 5.54. The van der Waals surface area contributed by atoms with E-state index < -0.39 is 11.9 Å². The molecule has 8 heteroatoms. The first kappa shape index (κ1) is 18.3. The number of carbonyl (C=O) groups excluding carboxylic acids is 2. The molecule has 0 saturated carbocycles. The third-order valence-electron chi connectivity index (χ3n) is 3.29. The minimum absolute atomic E-state index is 0.182. The average molecular weight is 343 g/mol. The lowest BCUT2D eigenvalue weighted by atomic mass is 10.2. The van der Waals surface area contributed by atoms with E-state index in [1.807, 2.05) is 19.0 Å². The SMILES string of the molecule is COC(=O)c1cccc(NC(=O)c2cnc(NCCN(C)C)cn2)c1. The summed E-state index contributed by atoms with van der Waals surface area (Å²) in [6.07, 6.45) is 2.91. The number of aromatic nitrogens is 2. The van der Waals surface area contributed by atoms with Gasteiger partial charge in [-0.05, 0) is 32.3 Å². The molecule has 1 aromatic heterocycles. The molecule has 0 radical (unpaired) electrons. The van der Waals surface area contributed by atoms with Crippen molar-refractivity contribution in [3.05, 3.63) is 47.9 Å². The van der Waals surface area contributed by atoms with E-state index in [9.17, 15) is 9.59 Å². The number of hydrogen-bond acceptors (Lipinski definition) is 7. The van der Waals surface area contributed by atoms with Gasteiger partial charge in [0.15, 0.2) is 0 Å². The van der Waals surface area contributed by atoms with Crippen LogP contribution in [0.15, 0.2) is 36.7 Å². The number of nitrogens with one attached hydrogen (secondary N) is 2. The Hall–Kier alpha value is -3.00. The predicted octanol–water partition coefficient (Wildman–Crippen LogP) is 1.49. The molecule has 1 heterocycles. The molecule has 0 atom stereocenters. The van der Waals surface area contributed by atoms with E-state index in [1.165, 1.54) is 25.6 Å². The molecule has 0 fully saturated rings. The fourth-order valence-electron chi connectivity index (χ4n) is 1.98. The van der Waals surface area contributed by atoms with Crippen LogP contribution in [0.1, 0.15) is 20.8 Å². The topological polar surface area (TPSA) is 96.4 Å². The van der Waals surface area contributed by atoms with Crippen molar-refractivity contribution in [2.75, 3.05) is 44.9 Å². The fraction of sp³-hybridized carbons (Fsp3) is 0.294. The Morgan fingerprint density at radius 1 is 1.20 bits per heavy atom. The van der Waals surface area contributed by atoms with Gasteiger partial charge in [-0.2, -0.15) is 0 Å². The zero-order valence-corrected chi connectivity index (χ0v) is 14.4. The second-order valence-corrected chi connectivity index (χ2v) is 5.54. The van der Waals surface area contributed by atoms with Crippen molar-refractivity contribution in [1.82, 2.24) is 14.9 Å². The maximum atomic E-state index is 12.2. The summed E-state index contributed by atoms with van der Waals surface area (Å²) in [6, 6.07) is 6.48. The highest BCUT2D eigenvalue weighted by Crippen LogP contribution is 2.13. The summed E-state index contributed by atoms with van der Waals surface area (Å²) >= 11 is 0. The van der Waals surface area contributed by atoms with Crippen LogP contribution in [0.3, 0.4) is 0 Å². The van der Waals surface area contributed by atoms with E-state index in [2.05, 4.69) is 25.3 Å². The average Bonchev–Trinajstić information content (AvgIpc) is 2.61. The number of amides is 1. The van der Waals surface area contributed by atoms with Crippen LogP contribution in [0.5, 0.6) is 0 Å². The van der Waals surface area contributed by atoms with Gasteiger partial charge in [0.1, 0.15) is 11.5 Å². The van der Waals surface area contributed by atoms with Crippen LogP contribution >= 0.6 is 0 Å². The summed E-state index contributed by atoms with van der Waals surface area (Å²) in [5.74, 6) is -0.274. The maximum Gasteiger partial charge on any atom is 0.337 e. The molecule has 132 valence electrons. The normalized spacial score (nSPS) is 10.4. The molecule has 2 rings (SSSR count). The third kappa shape index (κ3) is 5.54. The van der Waals surface area contributed by atoms with E-state index in [1.54, 1.807) is 18.2 Å². The van der Waals surface area contributed by atoms with E-state index in [0.29, 0.717) is 17.1 Å². The number of benzene rings is 1. The first-order valence-corrected chi connectivity index (χ1v) is 7.70. The molecule has 1 amide bonds. The summed E-state index contributed by atoms with van der Waals surface area (Å²) in [4.78, 5) is 34.1. The summed E-state index contributed by atoms with van der Waals surface area (Å²) in [7, 11) is 5.27. The van der Waals surface area contributed by atoms with Gasteiger partial charge >= 0.3 is 5.97 Å². The van der Waals surface area contributed by atoms with Crippen molar-refractivity contribution in [3.63, 3.8) is 0 Å². The molecular formula is C17H21N5O3. The summed E-state index contributed by atoms with van der Waals surface area (Å²) in [6.45, 7) is 1.59. The van der Waals surface area contributed by atoms with Crippen molar-refractivity contribution in [2.45, 2.75) is 0 Å². The van der Waals surface area contributed by atoms with Gasteiger partial charge in [0, 0.05) is 18.8 Å². The minimum atomic E-state index is -0.468. The van der Waals surface area contributed by atoms with Crippen LogP contribution in [0, 0.1) is 0 Å². The molecule has 0 spiro atoms. The molecule has 2 aromatic rings. The van der Waals surface area contributed by atoms with E-state index in [-0.39, 0.29) is 5.69 Å². The van der Waals surface area contributed by atoms with Crippen molar-refractivity contribution >= 4 is 23.4 Å². The second kappa shape index (κ2) is 8.74. The van der Waals surface area contributed by atoms with Crippen molar-refractivity contribution in [2.24, 2.45) is 0 Å². The Balaban J connectivity index is 1.98. The Morgan fingerprint density at radius 3 is 2.64 bits per heavy atom. The number of carbonyl (C=O) groups is 2. The molecule has 0 aliphatic heterocycles. The van der Waals surface area contributed by atoms with E-state index >= 15 is 0 Å². The minimum Gasteiger partial charge on any atom is -0.465 e. The van der Waals surface area contributed by atoms with Crippen LogP contribution < -0.4 is 10.6 Å². The number of anilines is 2. The molecule has 25 heavy (non-hydrogen) atoms. The van der Waals surface area contributed by atoms with Crippen LogP contribution in [-0.4, -0.2) is 61.0 Å². The molecule has 1 aromatic carbocycles. The first-order chi connectivity index (χ1) is 12.0. The first-order valence-electron chi connectivity index (χ1n) is 7.70. The lowest BCUT2D eigenvalue weighted by molar-refractivity contribution is 0.0600. The highest BCUT2D eigenvalue weighted by Gasteiger charge is 2.11. The van der Waals surface area contributed by atoms with E-state index in [4.69, 9.17) is 0 Å². The van der Waals surface area contributed by atoms with Crippen molar-refractivity contribution < 1.29 is 14.3 Å². The van der Waals surface area contributed by atoms with Gasteiger partial charge < -0.3 is 20.3 Å². The molecule has 2 N–H and O–H groups in total. The van der Waals surface area contributed by atoms with Crippen LogP contribution in [-0.2, 0) is 4.74 Å². The Bertz CT molecular complexity index is 731. The zero-order valence-electron chi connectivity index (χ0n) is 14.4. The zero-order chi connectivity index (χ0) is 18.2. The molecule has 8 nitrogen and oxygen atoms in total. The lowest BCUT2D eigenvalue weighted by Crippen LogP contribution is -2.21. The van der Waals surface area contributed by atoms with Crippen LogP contribution in [0.4, 0.5) is 11.5 Å². The highest BCUT2D eigenvalue weighted by molar-refractivity contribution is 6.03. The largest absolute Gasteiger partial charge is 0.465 e. The molecular weight excluding hydrogens is 322 g/mol. The van der Waals surface area contributed by atoms with E-state index in [0.717, 1.165) is 13.1 Å². The highest BCUT2D eigenvalue weighted by atomic mass is 16.5. The number of nitrogens with zero attached hydrogens (tertiary/aromatic N) is 3. The van der Waals surface area contributed by atoms with Crippen molar-refractivity contribution in [3.8, 4) is 0 Å². The fourth-order valence-corrected chi connectivity index (χ4v) is 1.98. The number of ether oxygens (including phenoxy) is 1. The Kier molecular flexibility index (Phi) is 6.41. The molecule has 0 bridgehead atoms. The standard InChI is InChI=1S/C17H21N5O3/c1-22(2)8-7-18-15-11-19-14(10-20-15)16(23)21-13-6-4-5-12(9-13)17(24)25-3/h4-6,9-11H,7-8H2,1-3H3,(H,18,20)(H,21,23). The molecule has 0 aliphatic carbocycles.